The molecule has 8 nitrogen and oxygen atoms in total. The fraction of sp³-hybridized carbons (Fsp3) is 0.400. The Morgan fingerprint density at radius 1 is 1.13 bits per heavy atom. The predicted molar refractivity (Wildman–Crippen MR) is 80.5 cm³/mol. The van der Waals surface area contributed by atoms with Crippen molar-refractivity contribution in [3.63, 3.8) is 0 Å². The standard InChI is InChI=1S/C15H20N2O6/c1-9(13(19)17-12(10(2)18)14(20)21)16-15(22)23-8-11-6-4-3-5-7-11/h3-7,9-10,12,18H,8H2,1-2H3,(H,16,22)(H,17,19)(H,20,21)/t9-,10+,12-/m0/s1. The van der Waals surface area contributed by atoms with Crippen LogP contribution in [0.15, 0.2) is 30.3 Å². The van der Waals surface area contributed by atoms with Crippen molar-refractivity contribution in [1.82, 2.24) is 10.6 Å². The van der Waals surface area contributed by atoms with Crippen LogP contribution in [0.25, 0.3) is 0 Å². The van der Waals surface area contributed by atoms with Crippen molar-refractivity contribution in [3.8, 4) is 0 Å². The number of nitrogens with one attached hydrogen (secondary N) is 2. The fourth-order valence-corrected chi connectivity index (χ4v) is 1.67. The zero-order valence-electron chi connectivity index (χ0n) is 12.9. The molecule has 0 fully saturated rings. The first-order valence-electron chi connectivity index (χ1n) is 6.99. The van der Waals surface area contributed by atoms with Crippen LogP contribution in [0.3, 0.4) is 0 Å². The molecular weight excluding hydrogens is 304 g/mol. The summed E-state index contributed by atoms with van der Waals surface area (Å²) in [4.78, 5) is 34.3. The second kappa shape index (κ2) is 8.74. The molecule has 0 radical (unpaired) electrons. The van der Waals surface area contributed by atoms with Crippen molar-refractivity contribution in [2.24, 2.45) is 0 Å². The van der Waals surface area contributed by atoms with Crippen molar-refractivity contribution in [1.29, 1.82) is 0 Å². The Kier molecular flexibility index (Phi) is 7.01. The highest BCUT2D eigenvalue weighted by Crippen LogP contribution is 2.01. The van der Waals surface area contributed by atoms with Crippen LogP contribution in [0.2, 0.25) is 0 Å². The molecule has 0 saturated carbocycles. The van der Waals surface area contributed by atoms with Gasteiger partial charge in [0.05, 0.1) is 6.10 Å². The highest BCUT2D eigenvalue weighted by atomic mass is 16.5. The molecule has 0 aliphatic rings. The Hall–Kier alpha value is -2.61. The van der Waals surface area contributed by atoms with Crippen LogP contribution in [-0.4, -0.2) is 46.4 Å². The van der Waals surface area contributed by atoms with Crippen LogP contribution in [0.5, 0.6) is 0 Å². The molecule has 126 valence electrons. The van der Waals surface area contributed by atoms with Crippen molar-refractivity contribution >= 4 is 18.0 Å². The smallest absolute Gasteiger partial charge is 0.408 e. The van der Waals surface area contributed by atoms with Gasteiger partial charge >= 0.3 is 12.1 Å². The molecule has 0 aliphatic carbocycles. The molecule has 0 saturated heterocycles. The Bertz CT molecular complexity index is 546. The summed E-state index contributed by atoms with van der Waals surface area (Å²) in [7, 11) is 0. The Morgan fingerprint density at radius 3 is 2.26 bits per heavy atom. The Balaban J connectivity index is 2.44. The quantitative estimate of drug-likeness (QED) is 0.570. The highest BCUT2D eigenvalue weighted by molar-refractivity contribution is 5.89. The van der Waals surface area contributed by atoms with Crippen LogP contribution in [0.1, 0.15) is 19.4 Å². The van der Waals surface area contributed by atoms with Gasteiger partial charge in [0.1, 0.15) is 12.6 Å². The van der Waals surface area contributed by atoms with Crippen LogP contribution in [0, 0.1) is 0 Å². The highest BCUT2D eigenvalue weighted by Gasteiger charge is 2.27. The van der Waals surface area contributed by atoms with E-state index in [2.05, 4.69) is 10.6 Å². The second-order valence-electron chi connectivity index (χ2n) is 4.99. The van der Waals surface area contributed by atoms with E-state index in [9.17, 15) is 19.5 Å². The summed E-state index contributed by atoms with van der Waals surface area (Å²) in [6.07, 6.45) is -2.07. The first-order chi connectivity index (χ1) is 10.8. The van der Waals surface area contributed by atoms with Crippen LogP contribution < -0.4 is 10.6 Å². The van der Waals surface area contributed by atoms with Gasteiger partial charge in [-0.25, -0.2) is 9.59 Å². The lowest BCUT2D eigenvalue weighted by molar-refractivity contribution is -0.145. The lowest BCUT2D eigenvalue weighted by Gasteiger charge is -2.20. The first-order valence-corrected chi connectivity index (χ1v) is 6.99. The van der Waals surface area contributed by atoms with Gasteiger partial charge in [-0.05, 0) is 19.4 Å². The third-order valence-electron chi connectivity index (χ3n) is 2.99. The van der Waals surface area contributed by atoms with Gasteiger partial charge in [-0.1, -0.05) is 30.3 Å². The molecule has 23 heavy (non-hydrogen) atoms. The largest absolute Gasteiger partial charge is 0.480 e. The summed E-state index contributed by atoms with van der Waals surface area (Å²) < 4.78 is 4.95. The summed E-state index contributed by atoms with van der Waals surface area (Å²) in [6.45, 7) is 2.66. The molecule has 0 heterocycles. The molecule has 0 unspecified atom stereocenters. The van der Waals surface area contributed by atoms with Gasteiger partial charge in [0.2, 0.25) is 5.91 Å². The van der Waals surface area contributed by atoms with Crippen molar-refractivity contribution in [2.75, 3.05) is 0 Å². The lowest BCUT2D eigenvalue weighted by atomic mass is 10.1. The minimum atomic E-state index is -1.45. The van der Waals surface area contributed by atoms with E-state index in [-0.39, 0.29) is 6.61 Å². The van der Waals surface area contributed by atoms with Crippen LogP contribution in [0.4, 0.5) is 4.79 Å². The van der Waals surface area contributed by atoms with Gasteiger partial charge in [-0.15, -0.1) is 0 Å². The van der Waals surface area contributed by atoms with Gasteiger partial charge in [0.25, 0.3) is 0 Å². The summed E-state index contributed by atoms with van der Waals surface area (Å²) in [5.41, 5.74) is 0.791. The van der Waals surface area contributed by atoms with Crippen molar-refractivity contribution in [2.45, 2.75) is 38.6 Å². The summed E-state index contributed by atoms with van der Waals surface area (Å²) >= 11 is 0. The van der Waals surface area contributed by atoms with E-state index in [0.717, 1.165) is 5.56 Å². The molecule has 0 aromatic heterocycles. The number of benzene rings is 1. The predicted octanol–water partition coefficient (Wildman–Crippen LogP) is 0.251. The molecule has 0 spiro atoms. The molecule has 1 aromatic carbocycles. The number of aliphatic hydroxyl groups excluding tert-OH is 1. The van der Waals surface area contributed by atoms with Crippen molar-refractivity contribution < 1.29 is 29.3 Å². The SMILES string of the molecule is C[C@H](NC(=O)OCc1ccccc1)C(=O)N[C@H](C(=O)O)[C@@H](C)O. The Morgan fingerprint density at radius 2 is 1.74 bits per heavy atom. The second-order valence-corrected chi connectivity index (χ2v) is 4.99. The van der Waals surface area contributed by atoms with E-state index in [1.54, 1.807) is 24.3 Å². The number of alkyl carbamates (subject to hydrolysis) is 1. The van der Waals surface area contributed by atoms with E-state index >= 15 is 0 Å². The molecule has 3 atom stereocenters. The topological polar surface area (TPSA) is 125 Å². The minimum absolute atomic E-state index is 0.0481. The third kappa shape index (κ3) is 6.35. The number of aliphatic hydroxyl groups is 1. The molecule has 1 rings (SSSR count). The normalized spacial score (nSPS) is 14.2. The lowest BCUT2D eigenvalue weighted by Crippen LogP contribution is -2.53. The van der Waals surface area contributed by atoms with E-state index in [4.69, 9.17) is 9.84 Å². The number of carbonyl (C=O) groups excluding carboxylic acids is 2. The molecular formula is C15H20N2O6. The zero-order valence-corrected chi connectivity index (χ0v) is 12.9. The Labute approximate surface area is 133 Å². The average molecular weight is 324 g/mol. The minimum Gasteiger partial charge on any atom is -0.480 e. The maximum atomic E-state index is 11.8. The number of ether oxygens (including phenoxy) is 1. The van der Waals surface area contributed by atoms with Gasteiger partial charge in [0, 0.05) is 0 Å². The molecule has 8 heteroatoms. The number of carboxylic acid groups (broad SMARTS) is 1. The monoisotopic (exact) mass is 324 g/mol. The number of aliphatic carboxylic acids is 1. The first kappa shape index (κ1) is 18.4. The number of rotatable bonds is 7. The molecule has 2 amide bonds. The average Bonchev–Trinajstić information content (AvgIpc) is 2.50. The summed E-state index contributed by atoms with van der Waals surface area (Å²) in [5.74, 6) is -2.11. The number of carbonyl (C=O) groups is 3. The van der Waals surface area contributed by atoms with Crippen molar-refractivity contribution in [3.05, 3.63) is 35.9 Å². The van der Waals surface area contributed by atoms with Crippen LogP contribution in [-0.2, 0) is 20.9 Å². The maximum absolute atomic E-state index is 11.8. The number of carboxylic acids is 1. The van der Waals surface area contributed by atoms with E-state index < -0.39 is 36.2 Å². The van der Waals surface area contributed by atoms with Gasteiger partial charge in [0.15, 0.2) is 6.04 Å². The van der Waals surface area contributed by atoms with E-state index in [1.165, 1.54) is 13.8 Å². The maximum Gasteiger partial charge on any atom is 0.408 e. The van der Waals surface area contributed by atoms with Gasteiger partial charge in [-0.2, -0.15) is 0 Å². The van der Waals surface area contributed by atoms with E-state index in [1.807, 2.05) is 6.07 Å². The number of hydrogen-bond acceptors (Lipinski definition) is 5. The number of hydrogen-bond donors (Lipinski definition) is 4. The van der Waals surface area contributed by atoms with Gasteiger partial charge in [-0.3, -0.25) is 4.79 Å². The van der Waals surface area contributed by atoms with Gasteiger partial charge < -0.3 is 25.6 Å². The third-order valence-corrected chi connectivity index (χ3v) is 2.99. The molecule has 0 aliphatic heterocycles. The molecule has 4 N–H and O–H groups in total. The molecule has 0 bridgehead atoms. The fourth-order valence-electron chi connectivity index (χ4n) is 1.67. The van der Waals surface area contributed by atoms with Crippen LogP contribution >= 0.6 is 0 Å². The number of amides is 2. The van der Waals surface area contributed by atoms with E-state index in [0.29, 0.717) is 0 Å². The zero-order chi connectivity index (χ0) is 17.4. The molecule has 1 aromatic rings. The summed E-state index contributed by atoms with van der Waals surface area (Å²) in [5, 5.41) is 22.6. The summed E-state index contributed by atoms with van der Waals surface area (Å²) in [6, 6.07) is 6.53.